The highest BCUT2D eigenvalue weighted by Crippen LogP contribution is 2.22. The Kier molecular flexibility index (Phi) is 2.52. The Morgan fingerprint density at radius 2 is 2.50 bits per heavy atom. The van der Waals surface area contributed by atoms with Gasteiger partial charge in [0.05, 0.1) is 6.61 Å². The first kappa shape index (κ1) is 9.26. The van der Waals surface area contributed by atoms with E-state index in [2.05, 4.69) is 6.58 Å². The average Bonchev–Trinajstić information content (AvgIpc) is 2.01. The Balaban J connectivity index is 2.73. The molecule has 0 aromatic rings. The third-order valence-electron chi connectivity index (χ3n) is 2.18. The van der Waals surface area contributed by atoms with E-state index in [4.69, 9.17) is 4.74 Å². The van der Waals surface area contributed by atoms with Crippen LogP contribution in [0.1, 0.15) is 13.3 Å². The molecule has 3 heteroatoms. The van der Waals surface area contributed by atoms with Crippen LogP contribution in [0.3, 0.4) is 0 Å². The third-order valence-corrected chi connectivity index (χ3v) is 2.18. The molecule has 1 heterocycles. The highest BCUT2D eigenvalue weighted by atomic mass is 16.5. The highest BCUT2D eigenvalue weighted by molar-refractivity contribution is 5.85. The van der Waals surface area contributed by atoms with E-state index >= 15 is 0 Å². The molecule has 1 rings (SSSR count). The number of hydrogen-bond acceptors (Lipinski definition) is 2. The number of morpholine rings is 1. The molecule has 1 aliphatic heterocycles. The first-order valence-corrected chi connectivity index (χ1v) is 4.10. The second-order valence-corrected chi connectivity index (χ2v) is 3.30. The molecule has 1 saturated heterocycles. The first-order chi connectivity index (χ1) is 5.60. The van der Waals surface area contributed by atoms with Gasteiger partial charge in [-0.2, -0.15) is 0 Å². The molecule has 0 unspecified atom stereocenters. The Hall–Kier alpha value is -0.830. The number of carbonyl (C=O) groups excluding carboxylic acids is 1. The lowest BCUT2D eigenvalue weighted by atomic mass is 9.99. The normalized spacial score (nSPS) is 30.5. The van der Waals surface area contributed by atoms with Gasteiger partial charge >= 0.3 is 0 Å². The van der Waals surface area contributed by atoms with Crippen molar-refractivity contribution in [1.29, 1.82) is 0 Å². The second kappa shape index (κ2) is 3.27. The summed E-state index contributed by atoms with van der Waals surface area (Å²) < 4.78 is 5.43. The molecule has 1 amide bonds. The Labute approximate surface area is 73.0 Å². The van der Waals surface area contributed by atoms with Crippen LogP contribution in [-0.2, 0) is 9.53 Å². The van der Waals surface area contributed by atoms with E-state index in [-0.39, 0.29) is 5.91 Å². The fourth-order valence-corrected chi connectivity index (χ4v) is 1.40. The molecular weight excluding hydrogens is 154 g/mol. The van der Waals surface area contributed by atoms with Gasteiger partial charge in [-0.3, -0.25) is 4.79 Å². The minimum atomic E-state index is -0.672. The molecule has 0 saturated carbocycles. The van der Waals surface area contributed by atoms with Gasteiger partial charge < -0.3 is 9.64 Å². The predicted octanol–water partition coefficient (Wildman–Crippen LogP) is 0.810. The van der Waals surface area contributed by atoms with Crippen LogP contribution in [-0.4, -0.2) is 36.6 Å². The van der Waals surface area contributed by atoms with Crippen LogP contribution in [0.15, 0.2) is 12.7 Å². The molecule has 3 nitrogen and oxygen atoms in total. The maximum atomic E-state index is 11.6. The van der Waals surface area contributed by atoms with Crippen LogP contribution in [0.5, 0.6) is 0 Å². The van der Waals surface area contributed by atoms with Gasteiger partial charge in [0.15, 0.2) is 0 Å². The molecule has 0 spiro atoms. The fourth-order valence-electron chi connectivity index (χ4n) is 1.40. The Morgan fingerprint density at radius 1 is 1.83 bits per heavy atom. The minimum absolute atomic E-state index is 0.0497. The molecule has 68 valence electrons. The quantitative estimate of drug-likeness (QED) is 0.572. The number of ether oxygens (including phenoxy) is 1. The lowest BCUT2D eigenvalue weighted by Crippen LogP contribution is -2.53. The van der Waals surface area contributed by atoms with Crippen LogP contribution in [0.2, 0.25) is 0 Å². The maximum Gasteiger partial charge on any atom is 0.254 e. The summed E-state index contributed by atoms with van der Waals surface area (Å²) in [5, 5.41) is 0. The number of rotatable bonds is 2. The van der Waals surface area contributed by atoms with Crippen molar-refractivity contribution in [2.45, 2.75) is 18.9 Å². The second-order valence-electron chi connectivity index (χ2n) is 3.30. The Bertz CT molecular complexity index is 203. The first-order valence-electron chi connectivity index (χ1n) is 4.10. The summed E-state index contributed by atoms with van der Waals surface area (Å²) in [5.41, 5.74) is -0.672. The van der Waals surface area contributed by atoms with E-state index in [9.17, 15) is 4.79 Å². The smallest absolute Gasteiger partial charge is 0.254 e. The summed E-state index contributed by atoms with van der Waals surface area (Å²) >= 11 is 0. The Morgan fingerprint density at radius 3 is 3.08 bits per heavy atom. The molecule has 0 radical (unpaired) electrons. The lowest BCUT2D eigenvalue weighted by Gasteiger charge is -2.36. The summed E-state index contributed by atoms with van der Waals surface area (Å²) in [5.74, 6) is 0.0497. The summed E-state index contributed by atoms with van der Waals surface area (Å²) in [6.07, 6.45) is 2.30. The van der Waals surface area contributed by atoms with Crippen molar-refractivity contribution in [3.63, 3.8) is 0 Å². The molecule has 1 aliphatic rings. The topological polar surface area (TPSA) is 29.5 Å². The van der Waals surface area contributed by atoms with E-state index in [1.54, 1.807) is 18.0 Å². The molecular formula is C9H15NO2. The predicted molar refractivity (Wildman–Crippen MR) is 46.8 cm³/mol. The number of amides is 1. The molecule has 0 bridgehead atoms. The summed E-state index contributed by atoms with van der Waals surface area (Å²) in [6.45, 7) is 6.72. The number of nitrogens with zero attached hydrogens (tertiary/aromatic N) is 1. The van der Waals surface area contributed by atoms with Gasteiger partial charge in [-0.1, -0.05) is 6.08 Å². The minimum Gasteiger partial charge on any atom is -0.363 e. The van der Waals surface area contributed by atoms with E-state index in [1.165, 1.54) is 0 Å². The third kappa shape index (κ3) is 1.50. The van der Waals surface area contributed by atoms with Crippen LogP contribution in [0.4, 0.5) is 0 Å². The van der Waals surface area contributed by atoms with Crippen LogP contribution >= 0.6 is 0 Å². The SMILES string of the molecule is C=CC[C@]1(C)OCCN(C)C1=O. The van der Waals surface area contributed by atoms with Crippen LogP contribution < -0.4 is 0 Å². The van der Waals surface area contributed by atoms with Crippen molar-refractivity contribution in [3.05, 3.63) is 12.7 Å². The molecule has 0 aliphatic carbocycles. The molecule has 1 atom stereocenters. The highest BCUT2D eigenvalue weighted by Gasteiger charge is 2.38. The zero-order valence-electron chi connectivity index (χ0n) is 7.67. The van der Waals surface area contributed by atoms with Crippen molar-refractivity contribution in [3.8, 4) is 0 Å². The zero-order valence-corrected chi connectivity index (χ0v) is 7.67. The van der Waals surface area contributed by atoms with Gasteiger partial charge in [0.1, 0.15) is 5.60 Å². The zero-order chi connectivity index (χ0) is 9.19. The van der Waals surface area contributed by atoms with E-state index in [0.717, 1.165) is 0 Å². The lowest BCUT2D eigenvalue weighted by molar-refractivity contribution is -0.166. The summed E-state index contributed by atoms with van der Waals surface area (Å²) in [4.78, 5) is 13.3. The van der Waals surface area contributed by atoms with Gasteiger partial charge in [0.2, 0.25) is 0 Å². The fraction of sp³-hybridized carbons (Fsp3) is 0.667. The summed E-state index contributed by atoms with van der Waals surface area (Å²) in [7, 11) is 1.80. The standard InChI is InChI=1S/C9H15NO2/c1-4-5-9(2)8(11)10(3)6-7-12-9/h4H,1,5-7H2,2-3H3/t9-/m0/s1. The molecule has 0 aromatic carbocycles. The van der Waals surface area contributed by atoms with Gasteiger partial charge in [0, 0.05) is 20.0 Å². The van der Waals surface area contributed by atoms with Crippen molar-refractivity contribution in [2.24, 2.45) is 0 Å². The maximum absolute atomic E-state index is 11.6. The largest absolute Gasteiger partial charge is 0.363 e. The van der Waals surface area contributed by atoms with Gasteiger partial charge in [-0.15, -0.1) is 6.58 Å². The van der Waals surface area contributed by atoms with Gasteiger partial charge in [0.25, 0.3) is 5.91 Å². The molecule has 0 N–H and O–H groups in total. The van der Waals surface area contributed by atoms with E-state index in [0.29, 0.717) is 19.6 Å². The number of hydrogen-bond donors (Lipinski definition) is 0. The van der Waals surface area contributed by atoms with Crippen LogP contribution in [0.25, 0.3) is 0 Å². The van der Waals surface area contributed by atoms with E-state index < -0.39 is 5.60 Å². The van der Waals surface area contributed by atoms with Crippen molar-refractivity contribution < 1.29 is 9.53 Å². The number of likely N-dealkylation sites (N-methyl/N-ethyl adjacent to an activating group) is 1. The number of carbonyl (C=O) groups is 1. The van der Waals surface area contributed by atoms with Crippen molar-refractivity contribution in [1.82, 2.24) is 4.90 Å². The van der Waals surface area contributed by atoms with Gasteiger partial charge in [-0.05, 0) is 6.92 Å². The van der Waals surface area contributed by atoms with Crippen molar-refractivity contribution in [2.75, 3.05) is 20.2 Å². The monoisotopic (exact) mass is 169 g/mol. The van der Waals surface area contributed by atoms with Gasteiger partial charge in [-0.25, -0.2) is 0 Å². The summed E-state index contributed by atoms with van der Waals surface area (Å²) in [6, 6.07) is 0. The average molecular weight is 169 g/mol. The van der Waals surface area contributed by atoms with Crippen LogP contribution in [0, 0.1) is 0 Å². The molecule has 1 fully saturated rings. The molecule has 0 aromatic heterocycles. The molecule has 12 heavy (non-hydrogen) atoms. The van der Waals surface area contributed by atoms with Crippen molar-refractivity contribution >= 4 is 5.91 Å². The van der Waals surface area contributed by atoms with E-state index in [1.807, 2.05) is 6.92 Å².